The third-order valence-corrected chi connectivity index (χ3v) is 1.93. The van der Waals surface area contributed by atoms with Crippen molar-refractivity contribution in [3.8, 4) is 0 Å². The van der Waals surface area contributed by atoms with Gasteiger partial charge in [-0.15, -0.1) is 0 Å². The SMILES string of the molecule is COC(CCC/C=C/I)OC. The number of ether oxygens (including phenoxy) is 2. The van der Waals surface area contributed by atoms with Crippen molar-refractivity contribution in [1.82, 2.24) is 0 Å². The van der Waals surface area contributed by atoms with Gasteiger partial charge in [-0.3, -0.25) is 0 Å². The van der Waals surface area contributed by atoms with Gasteiger partial charge in [-0.2, -0.15) is 0 Å². The Labute approximate surface area is 82.1 Å². The zero-order valence-corrected chi connectivity index (χ0v) is 9.21. The second-order valence-electron chi connectivity index (χ2n) is 2.19. The summed E-state index contributed by atoms with van der Waals surface area (Å²) in [5, 5.41) is 0. The summed E-state index contributed by atoms with van der Waals surface area (Å²) in [5.41, 5.74) is 0. The number of allylic oxidation sites excluding steroid dienone is 1. The topological polar surface area (TPSA) is 18.5 Å². The van der Waals surface area contributed by atoms with Crippen LogP contribution in [0.15, 0.2) is 10.2 Å². The monoisotopic (exact) mass is 270 g/mol. The molecule has 0 rings (SSSR count). The largest absolute Gasteiger partial charge is 0.356 e. The minimum Gasteiger partial charge on any atom is -0.356 e. The molecule has 11 heavy (non-hydrogen) atoms. The molecule has 0 aromatic heterocycles. The van der Waals surface area contributed by atoms with E-state index in [0.29, 0.717) is 0 Å². The van der Waals surface area contributed by atoms with Gasteiger partial charge < -0.3 is 9.47 Å². The second kappa shape index (κ2) is 8.49. The molecule has 0 aliphatic rings. The average Bonchev–Trinajstić information content (AvgIpc) is 2.05. The summed E-state index contributed by atoms with van der Waals surface area (Å²) in [6, 6.07) is 0. The molecule has 0 heterocycles. The highest BCUT2D eigenvalue weighted by molar-refractivity contribution is 14.1. The fraction of sp³-hybridized carbons (Fsp3) is 0.750. The Morgan fingerprint density at radius 1 is 1.36 bits per heavy atom. The molecule has 0 unspecified atom stereocenters. The Kier molecular flexibility index (Phi) is 8.79. The van der Waals surface area contributed by atoms with Gasteiger partial charge in [0.15, 0.2) is 6.29 Å². The van der Waals surface area contributed by atoms with Crippen LogP contribution in [0.4, 0.5) is 0 Å². The van der Waals surface area contributed by atoms with Crippen molar-refractivity contribution in [2.75, 3.05) is 14.2 Å². The number of rotatable bonds is 6. The standard InChI is InChI=1S/C8H15IO2/c1-10-8(11-2)6-4-3-5-7-9/h5,7-8H,3-4,6H2,1-2H3/b7-5+. The van der Waals surface area contributed by atoms with Gasteiger partial charge in [0.2, 0.25) is 0 Å². The molecule has 0 aromatic carbocycles. The first-order valence-electron chi connectivity index (χ1n) is 3.66. The first-order valence-corrected chi connectivity index (χ1v) is 4.90. The van der Waals surface area contributed by atoms with Crippen LogP contribution in [0.25, 0.3) is 0 Å². The third kappa shape index (κ3) is 6.77. The molecule has 3 heteroatoms. The lowest BCUT2D eigenvalue weighted by Gasteiger charge is -2.11. The van der Waals surface area contributed by atoms with Gasteiger partial charge in [0, 0.05) is 14.2 Å². The Hall–Kier alpha value is 0.390. The molecule has 0 fully saturated rings. The molecule has 2 nitrogen and oxygen atoms in total. The van der Waals surface area contributed by atoms with Crippen molar-refractivity contribution in [3.05, 3.63) is 10.2 Å². The van der Waals surface area contributed by atoms with E-state index in [2.05, 4.69) is 28.7 Å². The summed E-state index contributed by atoms with van der Waals surface area (Å²) in [7, 11) is 3.34. The maximum absolute atomic E-state index is 5.03. The third-order valence-electron chi connectivity index (χ3n) is 1.43. The van der Waals surface area contributed by atoms with Crippen LogP contribution in [-0.2, 0) is 9.47 Å². The molecule has 0 N–H and O–H groups in total. The van der Waals surface area contributed by atoms with Crippen LogP contribution in [0.3, 0.4) is 0 Å². The Bertz CT molecular complexity index is 100. The Morgan fingerprint density at radius 2 is 2.00 bits per heavy atom. The van der Waals surface area contributed by atoms with Crippen molar-refractivity contribution in [2.24, 2.45) is 0 Å². The van der Waals surface area contributed by atoms with Gasteiger partial charge in [-0.05, 0) is 23.3 Å². The molecular formula is C8H15IO2. The summed E-state index contributed by atoms with van der Waals surface area (Å²) in [6.07, 6.45) is 5.30. The maximum atomic E-state index is 5.03. The highest BCUT2D eigenvalue weighted by atomic mass is 127. The molecule has 0 amide bonds. The lowest BCUT2D eigenvalue weighted by molar-refractivity contribution is -0.106. The van der Waals surface area contributed by atoms with Crippen LogP contribution in [-0.4, -0.2) is 20.5 Å². The number of hydrogen-bond acceptors (Lipinski definition) is 2. The van der Waals surface area contributed by atoms with Gasteiger partial charge >= 0.3 is 0 Å². The van der Waals surface area contributed by atoms with Gasteiger partial charge in [0.1, 0.15) is 0 Å². The van der Waals surface area contributed by atoms with Crippen LogP contribution in [0.5, 0.6) is 0 Å². The van der Waals surface area contributed by atoms with E-state index in [4.69, 9.17) is 9.47 Å². The van der Waals surface area contributed by atoms with Gasteiger partial charge in [0.05, 0.1) is 0 Å². The van der Waals surface area contributed by atoms with E-state index < -0.39 is 0 Å². The first kappa shape index (κ1) is 11.4. The molecular weight excluding hydrogens is 255 g/mol. The molecule has 0 atom stereocenters. The minimum atomic E-state index is -0.0300. The van der Waals surface area contributed by atoms with E-state index in [1.165, 1.54) is 0 Å². The normalized spacial score (nSPS) is 11.6. The van der Waals surface area contributed by atoms with Crippen molar-refractivity contribution >= 4 is 22.6 Å². The predicted octanol–water partition coefficient (Wildman–Crippen LogP) is 2.72. The van der Waals surface area contributed by atoms with Crippen molar-refractivity contribution in [1.29, 1.82) is 0 Å². The molecule has 66 valence electrons. The lowest BCUT2D eigenvalue weighted by Crippen LogP contribution is -2.11. The number of unbranched alkanes of at least 4 members (excludes halogenated alkanes) is 1. The number of halogens is 1. The molecule has 0 saturated carbocycles. The number of hydrogen-bond donors (Lipinski definition) is 0. The van der Waals surface area contributed by atoms with Crippen LogP contribution in [0, 0.1) is 0 Å². The molecule has 0 saturated heterocycles. The molecule has 0 spiro atoms. The molecule has 0 bridgehead atoms. The fourth-order valence-electron chi connectivity index (χ4n) is 0.797. The summed E-state index contributed by atoms with van der Waals surface area (Å²) >= 11 is 2.22. The summed E-state index contributed by atoms with van der Waals surface area (Å²) < 4.78 is 12.1. The molecule has 0 aliphatic heterocycles. The van der Waals surface area contributed by atoms with Crippen LogP contribution < -0.4 is 0 Å². The van der Waals surface area contributed by atoms with E-state index in [9.17, 15) is 0 Å². The summed E-state index contributed by atoms with van der Waals surface area (Å²) in [4.78, 5) is 0. The van der Waals surface area contributed by atoms with E-state index in [-0.39, 0.29) is 6.29 Å². The molecule has 0 aliphatic carbocycles. The Morgan fingerprint density at radius 3 is 2.45 bits per heavy atom. The van der Waals surface area contributed by atoms with Crippen molar-refractivity contribution in [3.63, 3.8) is 0 Å². The van der Waals surface area contributed by atoms with E-state index in [0.717, 1.165) is 19.3 Å². The fourth-order valence-corrected chi connectivity index (χ4v) is 1.16. The first-order chi connectivity index (χ1) is 5.35. The van der Waals surface area contributed by atoms with Gasteiger partial charge in [0.25, 0.3) is 0 Å². The van der Waals surface area contributed by atoms with Gasteiger partial charge in [-0.25, -0.2) is 0 Å². The second-order valence-corrected chi connectivity index (χ2v) is 2.91. The van der Waals surface area contributed by atoms with Crippen molar-refractivity contribution in [2.45, 2.75) is 25.6 Å². The van der Waals surface area contributed by atoms with E-state index >= 15 is 0 Å². The smallest absolute Gasteiger partial charge is 0.156 e. The average molecular weight is 270 g/mol. The zero-order chi connectivity index (χ0) is 8.53. The van der Waals surface area contributed by atoms with E-state index in [1.54, 1.807) is 14.2 Å². The number of methoxy groups -OCH3 is 2. The van der Waals surface area contributed by atoms with E-state index in [1.807, 2.05) is 4.08 Å². The van der Waals surface area contributed by atoms with Crippen LogP contribution in [0.1, 0.15) is 19.3 Å². The summed E-state index contributed by atoms with van der Waals surface area (Å²) in [6.45, 7) is 0. The molecule has 0 aromatic rings. The summed E-state index contributed by atoms with van der Waals surface area (Å²) in [5.74, 6) is 0. The Balaban J connectivity index is 3.21. The predicted molar refractivity (Wildman–Crippen MR) is 54.8 cm³/mol. The van der Waals surface area contributed by atoms with Crippen LogP contribution in [0.2, 0.25) is 0 Å². The molecule has 0 radical (unpaired) electrons. The lowest BCUT2D eigenvalue weighted by atomic mass is 10.2. The zero-order valence-electron chi connectivity index (χ0n) is 7.05. The maximum Gasteiger partial charge on any atom is 0.156 e. The minimum absolute atomic E-state index is 0.0300. The highest BCUT2D eigenvalue weighted by Gasteiger charge is 2.01. The highest BCUT2D eigenvalue weighted by Crippen LogP contribution is 2.05. The van der Waals surface area contributed by atoms with Crippen LogP contribution >= 0.6 is 22.6 Å². The van der Waals surface area contributed by atoms with Crippen molar-refractivity contribution < 1.29 is 9.47 Å². The van der Waals surface area contributed by atoms with Gasteiger partial charge in [-0.1, -0.05) is 28.7 Å². The quantitative estimate of drug-likeness (QED) is 0.420.